The number of allylic oxidation sites excluding steroid dienone is 4. The third-order valence-corrected chi connectivity index (χ3v) is 5.86. The fourth-order valence-electron chi connectivity index (χ4n) is 3.92. The number of nitrogens with zero attached hydrogens (tertiary/aromatic N) is 2. The van der Waals surface area contributed by atoms with Crippen molar-refractivity contribution in [1.82, 2.24) is 9.55 Å². The van der Waals surface area contributed by atoms with Crippen LogP contribution >= 0.6 is 0 Å². The number of aryl methyl sites for hydroxylation is 1. The van der Waals surface area contributed by atoms with Gasteiger partial charge in [-0.1, -0.05) is 63.0 Å². The Morgan fingerprint density at radius 2 is 1.76 bits per heavy atom. The zero-order chi connectivity index (χ0) is 30.4. The maximum absolute atomic E-state index is 13.6. The molecule has 210 valence electrons. The van der Waals surface area contributed by atoms with Crippen molar-refractivity contribution in [2.45, 2.75) is 41.0 Å². The van der Waals surface area contributed by atoms with Crippen LogP contribution in [0.15, 0.2) is 102 Å². The van der Waals surface area contributed by atoms with Gasteiger partial charge >= 0.3 is 0 Å². The predicted octanol–water partition coefficient (Wildman–Crippen LogP) is 8.37. The number of aromatic nitrogens is 2. The molecule has 4 rings (SSSR count). The van der Waals surface area contributed by atoms with Gasteiger partial charge in [0.2, 0.25) is 0 Å². The molecular weight excluding hydrogens is 508 g/mol. The van der Waals surface area contributed by atoms with E-state index in [2.05, 4.69) is 38.0 Å². The first kappa shape index (κ1) is 32.1. The lowest BCUT2D eigenvalue weighted by atomic mass is 10.1. The van der Waals surface area contributed by atoms with E-state index in [4.69, 9.17) is 4.98 Å². The van der Waals surface area contributed by atoms with Crippen molar-refractivity contribution < 1.29 is 10.2 Å². The van der Waals surface area contributed by atoms with E-state index in [1.54, 1.807) is 34.9 Å². The molecule has 0 bridgehead atoms. The second kappa shape index (κ2) is 16.1. The van der Waals surface area contributed by atoms with Crippen molar-refractivity contribution in [2.24, 2.45) is 0 Å². The standard InChI is InChI=1S/C32H28N2O3.C2H6.C2H4/c1-4-6-9-23(5-2)12-13-24-14-18-29(22(3)20-24)34-31(19-16-25-15-17-26(35)21-30(25)36)33-28-11-8-7-10-27(28)32(34)37;2*1-2/h5-11,14-21,35-36H,4H2,1-3H3;1-2H3;1-2H2/b9-6-,19-16+,23-5+;;. The van der Waals surface area contributed by atoms with Crippen molar-refractivity contribution >= 4 is 23.1 Å². The Balaban J connectivity index is 0.00000141. The Bertz CT molecular complexity index is 1700. The van der Waals surface area contributed by atoms with Crippen molar-refractivity contribution in [3.63, 3.8) is 0 Å². The smallest absolute Gasteiger partial charge is 0.266 e. The average molecular weight is 547 g/mol. The quantitative estimate of drug-likeness (QED) is 0.150. The van der Waals surface area contributed by atoms with E-state index in [0.717, 1.165) is 23.1 Å². The Morgan fingerprint density at radius 1 is 1.02 bits per heavy atom. The van der Waals surface area contributed by atoms with E-state index in [0.29, 0.717) is 28.0 Å². The molecule has 0 aliphatic carbocycles. The highest BCUT2D eigenvalue weighted by Gasteiger charge is 2.13. The highest BCUT2D eigenvalue weighted by atomic mass is 16.3. The van der Waals surface area contributed by atoms with Gasteiger partial charge in [0.05, 0.1) is 16.6 Å². The SMILES string of the molecule is C/C=C(C#Cc1ccc(-n2c(/C=C/c3ccc(O)cc3O)nc3ccccc3c2=O)c(C)c1)\C=C/CC.C=C.CC. The van der Waals surface area contributed by atoms with Crippen LogP contribution in [0.25, 0.3) is 28.7 Å². The average Bonchev–Trinajstić information content (AvgIpc) is 2.99. The van der Waals surface area contributed by atoms with Gasteiger partial charge in [-0.25, -0.2) is 4.98 Å². The van der Waals surface area contributed by atoms with Crippen LogP contribution in [0.3, 0.4) is 0 Å². The number of aromatic hydroxyl groups is 2. The number of phenols is 2. The van der Waals surface area contributed by atoms with Crippen molar-refractivity contribution in [1.29, 1.82) is 0 Å². The summed E-state index contributed by atoms with van der Waals surface area (Å²) in [7, 11) is 0. The fourth-order valence-corrected chi connectivity index (χ4v) is 3.92. The van der Waals surface area contributed by atoms with Gasteiger partial charge in [0.1, 0.15) is 17.3 Å². The molecule has 0 unspecified atom stereocenters. The number of phenolic OH excluding ortho intramolecular Hbond substituents is 2. The van der Waals surface area contributed by atoms with Crippen LogP contribution in [0.4, 0.5) is 0 Å². The molecule has 41 heavy (non-hydrogen) atoms. The molecule has 0 spiro atoms. The first-order chi connectivity index (χ1) is 19.9. The molecule has 0 aliphatic heterocycles. The summed E-state index contributed by atoms with van der Waals surface area (Å²) < 4.78 is 1.57. The molecular formula is C36H38N2O3. The monoisotopic (exact) mass is 546 g/mol. The summed E-state index contributed by atoms with van der Waals surface area (Å²) in [5, 5.41) is 20.3. The summed E-state index contributed by atoms with van der Waals surface area (Å²) in [5.41, 5.74) is 4.24. The van der Waals surface area contributed by atoms with E-state index < -0.39 is 0 Å². The molecule has 1 heterocycles. The lowest BCUT2D eigenvalue weighted by molar-refractivity contribution is 0.450. The second-order valence-electron chi connectivity index (χ2n) is 8.51. The van der Waals surface area contributed by atoms with Gasteiger partial charge in [-0.2, -0.15) is 0 Å². The Kier molecular flexibility index (Phi) is 12.6. The summed E-state index contributed by atoms with van der Waals surface area (Å²) in [5.74, 6) is 6.71. The van der Waals surface area contributed by atoms with Crippen molar-refractivity contribution in [3.05, 3.63) is 130 Å². The maximum Gasteiger partial charge on any atom is 0.266 e. The van der Waals surface area contributed by atoms with Crippen LogP contribution in [-0.2, 0) is 0 Å². The Hall–Kier alpha value is -5.08. The molecule has 1 aromatic heterocycles. The number of rotatable bonds is 5. The van der Waals surface area contributed by atoms with Gasteiger partial charge in [0, 0.05) is 22.8 Å². The Labute approximate surface area is 243 Å². The molecule has 0 fully saturated rings. The number of benzene rings is 3. The largest absolute Gasteiger partial charge is 0.508 e. The number of hydrogen-bond donors (Lipinski definition) is 2. The lowest BCUT2D eigenvalue weighted by Crippen LogP contribution is -2.23. The summed E-state index contributed by atoms with van der Waals surface area (Å²) in [6, 6.07) is 17.3. The summed E-state index contributed by atoms with van der Waals surface area (Å²) in [4.78, 5) is 18.4. The predicted molar refractivity (Wildman–Crippen MR) is 173 cm³/mol. The van der Waals surface area contributed by atoms with Gasteiger partial charge in [-0.3, -0.25) is 9.36 Å². The molecule has 3 aromatic carbocycles. The molecule has 0 amide bonds. The second-order valence-corrected chi connectivity index (χ2v) is 8.51. The van der Waals surface area contributed by atoms with Crippen LogP contribution in [0, 0.1) is 18.8 Å². The van der Waals surface area contributed by atoms with Crippen molar-refractivity contribution in [2.75, 3.05) is 0 Å². The van der Waals surface area contributed by atoms with Gasteiger partial charge < -0.3 is 10.2 Å². The van der Waals surface area contributed by atoms with Gasteiger partial charge in [-0.15, -0.1) is 13.2 Å². The van der Waals surface area contributed by atoms with Gasteiger partial charge in [0.15, 0.2) is 0 Å². The molecule has 4 aromatic rings. The number of para-hydroxylation sites is 1. The van der Waals surface area contributed by atoms with E-state index in [1.807, 2.05) is 70.2 Å². The first-order valence-electron chi connectivity index (χ1n) is 13.6. The third-order valence-electron chi connectivity index (χ3n) is 5.86. The molecule has 0 saturated heterocycles. The number of fused-ring (bicyclic) bond motifs is 1. The van der Waals surface area contributed by atoms with E-state index >= 15 is 0 Å². The van der Waals surface area contributed by atoms with Crippen LogP contribution in [-0.4, -0.2) is 19.8 Å². The van der Waals surface area contributed by atoms with Crippen LogP contribution in [0.1, 0.15) is 56.6 Å². The van der Waals surface area contributed by atoms with Gasteiger partial charge in [0.25, 0.3) is 5.56 Å². The molecule has 0 atom stereocenters. The summed E-state index contributed by atoms with van der Waals surface area (Å²) in [6.07, 6.45) is 10.4. The Morgan fingerprint density at radius 3 is 2.41 bits per heavy atom. The van der Waals surface area contributed by atoms with Crippen LogP contribution in [0.2, 0.25) is 0 Å². The van der Waals surface area contributed by atoms with E-state index in [-0.39, 0.29) is 17.1 Å². The topological polar surface area (TPSA) is 75.3 Å². The fraction of sp³-hybridized carbons (Fsp3) is 0.167. The van der Waals surface area contributed by atoms with E-state index in [1.165, 1.54) is 12.1 Å². The third kappa shape index (κ3) is 8.20. The lowest BCUT2D eigenvalue weighted by Gasteiger charge is -2.14. The minimum atomic E-state index is -0.192. The normalized spacial score (nSPS) is 10.9. The van der Waals surface area contributed by atoms with E-state index in [9.17, 15) is 15.0 Å². The first-order valence-corrected chi connectivity index (χ1v) is 13.6. The molecule has 5 nitrogen and oxygen atoms in total. The minimum absolute atomic E-state index is 0.0304. The minimum Gasteiger partial charge on any atom is -0.508 e. The number of hydrogen-bond acceptors (Lipinski definition) is 4. The highest BCUT2D eigenvalue weighted by molar-refractivity contribution is 5.80. The molecule has 0 radical (unpaired) electrons. The van der Waals surface area contributed by atoms with Crippen LogP contribution in [0.5, 0.6) is 11.5 Å². The zero-order valence-electron chi connectivity index (χ0n) is 24.5. The van der Waals surface area contributed by atoms with Gasteiger partial charge in [-0.05, 0) is 80.4 Å². The van der Waals surface area contributed by atoms with Crippen molar-refractivity contribution in [3.8, 4) is 29.0 Å². The summed E-state index contributed by atoms with van der Waals surface area (Å²) in [6.45, 7) is 16.0. The molecule has 0 aliphatic rings. The van der Waals surface area contributed by atoms with Crippen LogP contribution < -0.4 is 5.56 Å². The highest BCUT2D eigenvalue weighted by Crippen LogP contribution is 2.25. The molecule has 0 saturated carbocycles. The summed E-state index contributed by atoms with van der Waals surface area (Å²) >= 11 is 0. The zero-order valence-corrected chi connectivity index (χ0v) is 24.5. The molecule has 2 N–H and O–H groups in total. The maximum atomic E-state index is 13.6. The molecule has 5 heteroatoms.